The molecule has 0 unspecified atom stereocenters. The zero-order valence-electron chi connectivity index (χ0n) is 14.8. The Hall–Kier alpha value is -1.41. The van der Waals surface area contributed by atoms with Crippen LogP contribution in [0.25, 0.3) is 0 Å². The highest BCUT2D eigenvalue weighted by Gasteiger charge is 2.33. The van der Waals surface area contributed by atoms with E-state index in [9.17, 15) is 0 Å². The summed E-state index contributed by atoms with van der Waals surface area (Å²) in [6, 6.07) is 8.19. The molecule has 0 saturated carbocycles. The predicted octanol–water partition coefficient (Wildman–Crippen LogP) is 2.43. The van der Waals surface area contributed by atoms with Gasteiger partial charge in [0, 0.05) is 5.32 Å². The number of benzene rings is 1. The van der Waals surface area contributed by atoms with Crippen LogP contribution in [0.2, 0.25) is 39.3 Å². The second-order valence-corrected chi connectivity index (χ2v) is 17.7. The molecule has 2 aromatic rings. The third-order valence-corrected chi connectivity index (χ3v) is 7.55. The van der Waals surface area contributed by atoms with Crippen molar-refractivity contribution >= 4 is 26.8 Å². The molecular formula is C16H27N3OSi2. The number of ether oxygens (including phenoxy) is 1. The smallest absolute Gasteiger partial charge is 0.119 e. The van der Waals surface area contributed by atoms with Crippen LogP contribution in [0.4, 0.5) is 0 Å². The fraction of sp³-hybridized carbons (Fsp3) is 0.500. The Labute approximate surface area is 135 Å². The molecule has 22 heavy (non-hydrogen) atoms. The van der Waals surface area contributed by atoms with E-state index in [4.69, 9.17) is 4.74 Å². The molecule has 120 valence electrons. The molecule has 0 bridgehead atoms. The summed E-state index contributed by atoms with van der Waals surface area (Å²) in [5.41, 5.74) is 1.20. The van der Waals surface area contributed by atoms with Crippen molar-refractivity contribution in [1.82, 2.24) is 15.0 Å². The summed E-state index contributed by atoms with van der Waals surface area (Å²) in [4.78, 5) is 0. The summed E-state index contributed by atoms with van der Waals surface area (Å²) in [6.07, 6.45) is 0. The average Bonchev–Trinajstić information content (AvgIpc) is 2.82. The van der Waals surface area contributed by atoms with Crippen molar-refractivity contribution in [1.29, 1.82) is 0 Å². The summed E-state index contributed by atoms with van der Waals surface area (Å²) < 4.78 is 7.44. The van der Waals surface area contributed by atoms with Crippen molar-refractivity contribution in [3.05, 3.63) is 29.8 Å². The lowest BCUT2D eigenvalue weighted by Crippen LogP contribution is -2.58. The molecule has 0 saturated heterocycles. The van der Waals surface area contributed by atoms with Gasteiger partial charge in [-0.15, -0.1) is 5.10 Å². The second-order valence-electron chi connectivity index (χ2n) is 7.80. The fourth-order valence-electron chi connectivity index (χ4n) is 2.62. The highest BCUT2D eigenvalue weighted by Crippen LogP contribution is 2.14. The van der Waals surface area contributed by atoms with Gasteiger partial charge in [-0.05, 0) is 17.7 Å². The van der Waals surface area contributed by atoms with Crippen LogP contribution >= 0.6 is 0 Å². The number of nitrogens with zero attached hydrogens (tertiary/aromatic N) is 3. The molecular weight excluding hydrogens is 306 g/mol. The maximum absolute atomic E-state index is 5.32. The van der Waals surface area contributed by atoms with Crippen molar-refractivity contribution in [3.63, 3.8) is 0 Å². The third kappa shape index (κ3) is 3.67. The highest BCUT2D eigenvalue weighted by atomic mass is 28.3. The van der Waals surface area contributed by atoms with Gasteiger partial charge in [-0.2, -0.15) is 0 Å². The van der Waals surface area contributed by atoms with Gasteiger partial charge in [0.05, 0.1) is 19.0 Å². The maximum Gasteiger partial charge on any atom is 0.119 e. The lowest BCUT2D eigenvalue weighted by Gasteiger charge is -2.24. The van der Waals surface area contributed by atoms with Crippen LogP contribution in [0.3, 0.4) is 0 Å². The molecule has 2 rings (SSSR count). The second kappa shape index (κ2) is 6.00. The molecule has 1 heterocycles. The predicted molar refractivity (Wildman–Crippen MR) is 98.1 cm³/mol. The van der Waals surface area contributed by atoms with Gasteiger partial charge >= 0.3 is 0 Å². The Kier molecular flexibility index (Phi) is 4.63. The number of aromatic nitrogens is 3. The Balaban J connectivity index is 2.45. The average molecular weight is 334 g/mol. The quantitative estimate of drug-likeness (QED) is 0.789. The van der Waals surface area contributed by atoms with E-state index in [2.05, 4.69) is 66.4 Å². The van der Waals surface area contributed by atoms with Crippen molar-refractivity contribution in [2.75, 3.05) is 7.11 Å². The summed E-state index contributed by atoms with van der Waals surface area (Å²) >= 11 is 0. The van der Waals surface area contributed by atoms with Crippen molar-refractivity contribution in [2.24, 2.45) is 0 Å². The van der Waals surface area contributed by atoms with Crippen LogP contribution in [-0.2, 0) is 6.54 Å². The Morgan fingerprint density at radius 1 is 1.05 bits per heavy atom. The minimum atomic E-state index is -1.51. The SMILES string of the molecule is COc1cccc(Cn2nnc([Si](C)(C)C)c2[Si](C)(C)C)c1. The Morgan fingerprint density at radius 2 is 1.73 bits per heavy atom. The van der Waals surface area contributed by atoms with Gasteiger partial charge in [-0.3, -0.25) is 0 Å². The van der Waals surface area contributed by atoms with Crippen LogP contribution in [-0.4, -0.2) is 38.3 Å². The van der Waals surface area contributed by atoms with Crippen LogP contribution in [0.15, 0.2) is 24.3 Å². The van der Waals surface area contributed by atoms with Crippen LogP contribution < -0.4 is 15.4 Å². The summed E-state index contributed by atoms with van der Waals surface area (Å²) in [5.74, 6) is 0.887. The molecule has 4 nitrogen and oxygen atoms in total. The van der Waals surface area contributed by atoms with E-state index in [1.807, 2.05) is 12.1 Å². The van der Waals surface area contributed by atoms with Crippen molar-refractivity contribution < 1.29 is 4.74 Å². The van der Waals surface area contributed by atoms with Crippen LogP contribution in [0, 0.1) is 0 Å². The van der Waals surface area contributed by atoms with Gasteiger partial charge in [0.25, 0.3) is 0 Å². The van der Waals surface area contributed by atoms with E-state index in [1.165, 1.54) is 16.2 Å². The van der Waals surface area contributed by atoms with E-state index >= 15 is 0 Å². The topological polar surface area (TPSA) is 39.9 Å². The Morgan fingerprint density at radius 3 is 2.27 bits per heavy atom. The standard InChI is InChI=1S/C16H27N3OSi2/c1-20-14-10-8-9-13(11-14)12-19-16(22(5,6)7)15(17-18-19)21(2,3)4/h8-11H,12H2,1-7H3. The first-order valence-electron chi connectivity index (χ1n) is 7.70. The Bertz CT molecular complexity index is 654. The molecule has 0 atom stereocenters. The third-order valence-electron chi connectivity index (χ3n) is 3.62. The molecule has 0 N–H and O–H groups in total. The molecule has 0 amide bonds. The summed E-state index contributed by atoms with van der Waals surface area (Å²) in [7, 11) is -1.30. The zero-order valence-corrected chi connectivity index (χ0v) is 16.8. The van der Waals surface area contributed by atoms with Crippen LogP contribution in [0.1, 0.15) is 5.56 Å². The summed E-state index contributed by atoms with van der Waals surface area (Å²) in [6.45, 7) is 14.9. The van der Waals surface area contributed by atoms with Crippen LogP contribution in [0.5, 0.6) is 5.75 Å². The molecule has 0 spiro atoms. The summed E-state index contributed by atoms with van der Waals surface area (Å²) in [5, 5.41) is 11.7. The molecule has 6 heteroatoms. The molecule has 0 fully saturated rings. The molecule has 0 aliphatic carbocycles. The van der Waals surface area contributed by atoms with Crippen molar-refractivity contribution in [3.8, 4) is 5.75 Å². The van der Waals surface area contributed by atoms with E-state index in [0.717, 1.165) is 12.3 Å². The molecule has 0 aliphatic heterocycles. The molecule has 1 aromatic heterocycles. The number of methoxy groups -OCH3 is 1. The first-order chi connectivity index (χ1) is 10.1. The lowest BCUT2D eigenvalue weighted by atomic mass is 10.2. The van der Waals surface area contributed by atoms with Gasteiger partial charge < -0.3 is 4.74 Å². The van der Waals surface area contributed by atoms with Crippen molar-refractivity contribution in [2.45, 2.75) is 45.8 Å². The first kappa shape index (κ1) is 17.0. The van der Waals surface area contributed by atoms with E-state index < -0.39 is 16.1 Å². The minimum absolute atomic E-state index is 0.758. The number of hydrogen-bond acceptors (Lipinski definition) is 3. The van der Waals surface area contributed by atoms with E-state index in [-0.39, 0.29) is 0 Å². The molecule has 0 radical (unpaired) electrons. The van der Waals surface area contributed by atoms with Gasteiger partial charge in [-0.1, -0.05) is 56.6 Å². The monoisotopic (exact) mass is 333 g/mol. The van der Waals surface area contributed by atoms with Gasteiger partial charge in [0.15, 0.2) is 0 Å². The zero-order chi connectivity index (χ0) is 16.5. The van der Waals surface area contributed by atoms with Gasteiger partial charge in [0.2, 0.25) is 0 Å². The number of hydrogen-bond donors (Lipinski definition) is 0. The molecule has 1 aromatic carbocycles. The maximum atomic E-state index is 5.32. The van der Waals surface area contributed by atoms with Gasteiger partial charge in [-0.25, -0.2) is 4.68 Å². The highest BCUT2D eigenvalue weighted by molar-refractivity contribution is 6.97. The lowest BCUT2D eigenvalue weighted by molar-refractivity contribution is 0.414. The minimum Gasteiger partial charge on any atom is -0.497 e. The first-order valence-corrected chi connectivity index (χ1v) is 14.7. The fourth-order valence-corrected chi connectivity index (χ4v) is 7.71. The number of rotatable bonds is 5. The van der Waals surface area contributed by atoms with E-state index in [1.54, 1.807) is 7.11 Å². The molecule has 0 aliphatic rings. The van der Waals surface area contributed by atoms with Gasteiger partial charge in [0.1, 0.15) is 21.9 Å². The largest absolute Gasteiger partial charge is 0.497 e. The van der Waals surface area contributed by atoms with E-state index in [0.29, 0.717) is 0 Å². The normalized spacial score (nSPS) is 12.5.